The number of hydrogen-bond acceptors (Lipinski definition) is 3. The van der Waals surface area contributed by atoms with Gasteiger partial charge in [-0.1, -0.05) is 42.5 Å². The molecule has 0 radical (unpaired) electrons. The Morgan fingerprint density at radius 3 is 2.42 bits per heavy atom. The van der Waals surface area contributed by atoms with Crippen LogP contribution in [0.4, 0.5) is 0 Å². The molecule has 6 nitrogen and oxygen atoms in total. The molecule has 0 aliphatic carbocycles. The molecular formula is C26H39IN4O2. The SMILES string of the molecule is CCNC(=NCCCCOCCc1ccccc1)NCCc1cccc(C(=O)N(C)C)c1.I. The van der Waals surface area contributed by atoms with Crippen molar-refractivity contribution in [1.29, 1.82) is 0 Å². The lowest BCUT2D eigenvalue weighted by atomic mass is 10.1. The van der Waals surface area contributed by atoms with Crippen LogP contribution in [0, 0.1) is 0 Å². The van der Waals surface area contributed by atoms with E-state index in [2.05, 4.69) is 52.9 Å². The fourth-order valence-corrected chi connectivity index (χ4v) is 3.23. The van der Waals surface area contributed by atoms with E-state index in [1.807, 2.05) is 24.3 Å². The van der Waals surface area contributed by atoms with Gasteiger partial charge in [-0.15, -0.1) is 24.0 Å². The van der Waals surface area contributed by atoms with Crippen LogP contribution in [0.3, 0.4) is 0 Å². The van der Waals surface area contributed by atoms with Gasteiger partial charge in [-0.05, 0) is 55.9 Å². The van der Waals surface area contributed by atoms with Crippen molar-refractivity contribution in [2.24, 2.45) is 4.99 Å². The zero-order valence-electron chi connectivity index (χ0n) is 20.2. The minimum absolute atomic E-state index is 0. The monoisotopic (exact) mass is 566 g/mol. The van der Waals surface area contributed by atoms with Crippen molar-refractivity contribution in [2.75, 3.05) is 46.9 Å². The van der Waals surface area contributed by atoms with Gasteiger partial charge >= 0.3 is 0 Å². The van der Waals surface area contributed by atoms with Crippen LogP contribution in [0.2, 0.25) is 0 Å². The molecule has 0 atom stereocenters. The Morgan fingerprint density at radius 1 is 0.939 bits per heavy atom. The number of nitrogens with zero attached hydrogens (tertiary/aromatic N) is 2. The van der Waals surface area contributed by atoms with E-state index in [0.29, 0.717) is 0 Å². The Balaban J connectivity index is 0.00000544. The van der Waals surface area contributed by atoms with Crippen molar-refractivity contribution in [1.82, 2.24) is 15.5 Å². The number of carbonyl (C=O) groups excluding carboxylic acids is 1. The van der Waals surface area contributed by atoms with Crippen LogP contribution in [0.5, 0.6) is 0 Å². The van der Waals surface area contributed by atoms with E-state index >= 15 is 0 Å². The highest BCUT2D eigenvalue weighted by Crippen LogP contribution is 2.08. The summed E-state index contributed by atoms with van der Waals surface area (Å²) in [6.45, 7) is 5.95. The summed E-state index contributed by atoms with van der Waals surface area (Å²) in [5.74, 6) is 0.858. The standard InChI is InChI=1S/C26H38N4O2.HI/c1-4-27-26(28-17-8-9-19-32-20-16-22-11-6-5-7-12-22)29-18-15-23-13-10-14-24(21-23)25(31)30(2)3;/h5-7,10-14,21H,4,8-9,15-20H2,1-3H3,(H2,27,28,29);1H. The fourth-order valence-electron chi connectivity index (χ4n) is 3.23. The number of ether oxygens (including phenoxy) is 1. The van der Waals surface area contributed by atoms with Gasteiger partial charge in [0.1, 0.15) is 0 Å². The smallest absolute Gasteiger partial charge is 0.253 e. The maximum absolute atomic E-state index is 12.1. The number of carbonyl (C=O) groups is 1. The second kappa shape index (κ2) is 17.4. The molecule has 0 saturated heterocycles. The predicted octanol–water partition coefficient (Wildman–Crippen LogP) is 4.14. The number of nitrogens with one attached hydrogen (secondary N) is 2. The van der Waals surface area contributed by atoms with Crippen molar-refractivity contribution >= 4 is 35.8 Å². The molecule has 0 aliphatic rings. The Labute approximate surface area is 216 Å². The number of rotatable bonds is 13. The molecule has 0 spiro atoms. The van der Waals surface area contributed by atoms with Gasteiger partial charge in [0.2, 0.25) is 0 Å². The van der Waals surface area contributed by atoms with Crippen LogP contribution in [0.25, 0.3) is 0 Å². The van der Waals surface area contributed by atoms with Crippen LogP contribution >= 0.6 is 24.0 Å². The summed E-state index contributed by atoms with van der Waals surface area (Å²) >= 11 is 0. The van der Waals surface area contributed by atoms with Gasteiger partial charge in [-0.25, -0.2) is 0 Å². The Hall–Kier alpha value is -2.13. The van der Waals surface area contributed by atoms with Gasteiger partial charge in [0.05, 0.1) is 6.61 Å². The van der Waals surface area contributed by atoms with Crippen molar-refractivity contribution in [3.05, 3.63) is 71.3 Å². The molecule has 2 rings (SSSR count). The first-order valence-corrected chi connectivity index (χ1v) is 11.5. The summed E-state index contributed by atoms with van der Waals surface area (Å²) in [6.07, 6.45) is 3.79. The summed E-state index contributed by atoms with van der Waals surface area (Å²) in [4.78, 5) is 18.4. The van der Waals surface area contributed by atoms with E-state index in [0.717, 1.165) is 75.6 Å². The average Bonchev–Trinajstić information content (AvgIpc) is 2.81. The first kappa shape index (κ1) is 28.9. The van der Waals surface area contributed by atoms with Gasteiger partial charge < -0.3 is 20.3 Å². The van der Waals surface area contributed by atoms with Gasteiger partial charge in [-0.3, -0.25) is 9.79 Å². The van der Waals surface area contributed by atoms with Crippen molar-refractivity contribution < 1.29 is 9.53 Å². The van der Waals surface area contributed by atoms with E-state index in [-0.39, 0.29) is 29.9 Å². The number of hydrogen-bond donors (Lipinski definition) is 2. The molecule has 33 heavy (non-hydrogen) atoms. The summed E-state index contributed by atoms with van der Waals surface area (Å²) in [5.41, 5.74) is 3.17. The molecule has 1 amide bonds. The fraction of sp³-hybridized carbons (Fsp3) is 0.462. The quantitative estimate of drug-likeness (QED) is 0.166. The molecule has 0 saturated carbocycles. The van der Waals surface area contributed by atoms with Crippen molar-refractivity contribution in [3.63, 3.8) is 0 Å². The topological polar surface area (TPSA) is 66.0 Å². The van der Waals surface area contributed by atoms with Gasteiger partial charge in [0, 0.05) is 45.9 Å². The third-order valence-corrected chi connectivity index (χ3v) is 4.98. The molecule has 2 aromatic carbocycles. The number of aliphatic imine (C=N–C) groups is 1. The summed E-state index contributed by atoms with van der Waals surface area (Å²) in [6, 6.07) is 18.2. The Kier molecular flexibility index (Phi) is 15.2. The highest BCUT2D eigenvalue weighted by atomic mass is 127. The molecular weight excluding hydrogens is 527 g/mol. The molecule has 0 unspecified atom stereocenters. The molecule has 0 fully saturated rings. The third-order valence-electron chi connectivity index (χ3n) is 4.98. The van der Waals surface area contributed by atoms with E-state index in [9.17, 15) is 4.79 Å². The van der Waals surface area contributed by atoms with Crippen LogP contribution in [0.15, 0.2) is 59.6 Å². The zero-order chi connectivity index (χ0) is 23.0. The van der Waals surface area contributed by atoms with Gasteiger partial charge in [0.15, 0.2) is 5.96 Å². The van der Waals surface area contributed by atoms with Crippen LogP contribution in [0.1, 0.15) is 41.3 Å². The largest absolute Gasteiger partial charge is 0.381 e. The second-order valence-corrected chi connectivity index (χ2v) is 7.89. The summed E-state index contributed by atoms with van der Waals surface area (Å²) in [7, 11) is 3.54. The average molecular weight is 567 g/mol. The lowest BCUT2D eigenvalue weighted by Gasteiger charge is -2.13. The minimum atomic E-state index is 0. The Morgan fingerprint density at radius 2 is 1.70 bits per heavy atom. The second-order valence-electron chi connectivity index (χ2n) is 7.89. The normalized spacial score (nSPS) is 10.9. The Bertz CT molecular complexity index is 828. The van der Waals surface area contributed by atoms with Crippen LogP contribution in [-0.2, 0) is 17.6 Å². The van der Waals surface area contributed by atoms with E-state index in [1.165, 1.54) is 5.56 Å². The highest BCUT2D eigenvalue weighted by molar-refractivity contribution is 14.0. The maximum Gasteiger partial charge on any atom is 0.253 e. The van der Waals surface area contributed by atoms with Gasteiger partial charge in [-0.2, -0.15) is 0 Å². The van der Waals surface area contributed by atoms with E-state index in [1.54, 1.807) is 19.0 Å². The highest BCUT2D eigenvalue weighted by Gasteiger charge is 2.08. The number of guanidine groups is 1. The first-order chi connectivity index (χ1) is 15.6. The zero-order valence-corrected chi connectivity index (χ0v) is 22.5. The molecule has 182 valence electrons. The molecule has 7 heteroatoms. The lowest BCUT2D eigenvalue weighted by molar-refractivity contribution is 0.0827. The number of amides is 1. The van der Waals surface area contributed by atoms with Crippen LogP contribution in [-0.4, -0.2) is 63.7 Å². The summed E-state index contributed by atoms with van der Waals surface area (Å²) < 4.78 is 5.74. The molecule has 0 aromatic heterocycles. The number of unbranched alkanes of at least 4 members (excludes halogenated alkanes) is 1. The number of benzene rings is 2. The summed E-state index contributed by atoms with van der Waals surface area (Å²) in [5, 5.41) is 6.67. The molecule has 2 aromatic rings. The predicted molar refractivity (Wildman–Crippen MR) is 148 cm³/mol. The molecule has 0 heterocycles. The first-order valence-electron chi connectivity index (χ1n) is 11.5. The maximum atomic E-state index is 12.1. The molecule has 0 aliphatic heterocycles. The van der Waals surface area contributed by atoms with Crippen molar-refractivity contribution in [2.45, 2.75) is 32.6 Å². The van der Waals surface area contributed by atoms with E-state index < -0.39 is 0 Å². The molecule has 2 N–H and O–H groups in total. The van der Waals surface area contributed by atoms with E-state index in [4.69, 9.17) is 4.74 Å². The number of halogens is 1. The van der Waals surface area contributed by atoms with Crippen LogP contribution < -0.4 is 10.6 Å². The minimum Gasteiger partial charge on any atom is -0.381 e. The third kappa shape index (κ3) is 12.1. The van der Waals surface area contributed by atoms with Crippen molar-refractivity contribution in [3.8, 4) is 0 Å². The van der Waals surface area contributed by atoms with Gasteiger partial charge in [0.25, 0.3) is 5.91 Å². The lowest BCUT2D eigenvalue weighted by Crippen LogP contribution is -2.38. The molecule has 0 bridgehead atoms.